The van der Waals surface area contributed by atoms with Crippen molar-refractivity contribution in [1.29, 1.82) is 0 Å². The van der Waals surface area contributed by atoms with Crippen LogP contribution >= 0.6 is 0 Å². The Hall–Kier alpha value is -2.11. The highest BCUT2D eigenvalue weighted by atomic mass is 19.3. The second-order valence-corrected chi connectivity index (χ2v) is 6.83. The number of nitrogens with zero attached hydrogens (tertiary/aromatic N) is 2. The van der Waals surface area contributed by atoms with Gasteiger partial charge in [0.05, 0.1) is 12.2 Å². The molecule has 1 aromatic rings. The molecule has 1 amide bonds. The number of alkyl halides is 2. The fourth-order valence-electron chi connectivity index (χ4n) is 3.47. The molecule has 0 radical (unpaired) electrons. The van der Waals surface area contributed by atoms with Crippen molar-refractivity contribution >= 4 is 12.4 Å². The summed E-state index contributed by atoms with van der Waals surface area (Å²) in [6.07, 6.45) is -2.67. The van der Waals surface area contributed by atoms with Gasteiger partial charge in [0.15, 0.2) is 5.69 Å². The molecule has 0 bridgehead atoms. The molecule has 2 fully saturated rings. The van der Waals surface area contributed by atoms with Crippen molar-refractivity contribution in [3.63, 3.8) is 0 Å². The Kier molecular flexibility index (Phi) is 6.50. The van der Waals surface area contributed by atoms with Crippen LogP contribution < -0.4 is 0 Å². The molecule has 2 aliphatic rings. The summed E-state index contributed by atoms with van der Waals surface area (Å²) in [5, 5.41) is 33.4. The van der Waals surface area contributed by atoms with Crippen LogP contribution in [0.15, 0.2) is 6.07 Å². The first-order chi connectivity index (χ1) is 12.7. The van der Waals surface area contributed by atoms with E-state index in [9.17, 15) is 23.8 Å². The maximum atomic E-state index is 12.6. The maximum absolute atomic E-state index is 12.6. The third-order valence-electron chi connectivity index (χ3n) is 5.03. The molecule has 27 heavy (non-hydrogen) atoms. The van der Waals surface area contributed by atoms with Gasteiger partial charge < -0.3 is 25.0 Å². The molecule has 152 valence electrons. The highest BCUT2D eigenvalue weighted by Gasteiger charge is 2.53. The Morgan fingerprint density at radius 3 is 2.56 bits per heavy atom. The Bertz CT molecular complexity index is 658. The number of aromatic nitrogens is 2. The summed E-state index contributed by atoms with van der Waals surface area (Å²) < 4.78 is 30.9. The number of rotatable bonds is 2. The molecular formula is C16H23F2N3O6. The van der Waals surface area contributed by atoms with E-state index in [1.165, 1.54) is 4.90 Å². The van der Waals surface area contributed by atoms with Crippen molar-refractivity contribution in [2.24, 2.45) is 0 Å². The number of aliphatic hydroxyl groups excluding tert-OH is 1. The van der Waals surface area contributed by atoms with E-state index in [-0.39, 0.29) is 12.2 Å². The van der Waals surface area contributed by atoms with Crippen molar-refractivity contribution in [2.75, 3.05) is 19.7 Å². The number of hydrogen-bond donors (Lipinski definition) is 4. The lowest BCUT2D eigenvalue weighted by Gasteiger charge is -2.51. The van der Waals surface area contributed by atoms with Gasteiger partial charge in [-0.1, -0.05) is 0 Å². The quantitative estimate of drug-likeness (QED) is 0.541. The average Bonchev–Trinajstić information content (AvgIpc) is 3.11. The molecule has 4 N–H and O–H groups in total. The summed E-state index contributed by atoms with van der Waals surface area (Å²) in [5.74, 6) is -0.440. The van der Waals surface area contributed by atoms with Gasteiger partial charge in [0.25, 0.3) is 18.8 Å². The van der Waals surface area contributed by atoms with Crippen LogP contribution in [-0.2, 0) is 9.53 Å². The van der Waals surface area contributed by atoms with Gasteiger partial charge in [0.1, 0.15) is 17.4 Å². The van der Waals surface area contributed by atoms with E-state index >= 15 is 0 Å². The van der Waals surface area contributed by atoms with E-state index < -0.39 is 35.3 Å². The van der Waals surface area contributed by atoms with Gasteiger partial charge in [-0.3, -0.25) is 14.7 Å². The molecule has 0 aliphatic carbocycles. The van der Waals surface area contributed by atoms with Gasteiger partial charge >= 0.3 is 0 Å². The zero-order valence-electron chi connectivity index (χ0n) is 14.8. The maximum Gasteiger partial charge on any atom is 0.290 e. The predicted molar refractivity (Wildman–Crippen MR) is 87.3 cm³/mol. The monoisotopic (exact) mass is 391 g/mol. The first-order valence-electron chi connectivity index (χ1n) is 8.42. The van der Waals surface area contributed by atoms with Crippen LogP contribution in [0.3, 0.4) is 0 Å². The second-order valence-electron chi connectivity index (χ2n) is 6.83. The Morgan fingerprint density at radius 1 is 1.44 bits per heavy atom. The lowest BCUT2D eigenvalue weighted by molar-refractivity contribution is -0.244. The van der Waals surface area contributed by atoms with Crippen LogP contribution in [0.1, 0.15) is 48.8 Å². The Morgan fingerprint density at radius 2 is 2.04 bits per heavy atom. The smallest absolute Gasteiger partial charge is 0.290 e. The number of halogens is 2. The molecule has 2 saturated heterocycles. The summed E-state index contributed by atoms with van der Waals surface area (Å²) in [5.41, 5.74) is -2.55. The fraction of sp³-hybridized carbons (Fsp3) is 0.688. The van der Waals surface area contributed by atoms with Crippen molar-refractivity contribution < 1.29 is 38.4 Å². The van der Waals surface area contributed by atoms with Gasteiger partial charge in [0, 0.05) is 19.5 Å². The van der Waals surface area contributed by atoms with Crippen LogP contribution in [0.2, 0.25) is 0 Å². The summed E-state index contributed by atoms with van der Waals surface area (Å²) >= 11 is 0. The number of carbonyl (C=O) groups excluding carboxylic acids is 1. The first kappa shape index (κ1) is 21.2. The number of aliphatic hydroxyl groups is 2. The van der Waals surface area contributed by atoms with Gasteiger partial charge in [-0.25, -0.2) is 8.78 Å². The molecule has 2 atom stereocenters. The van der Waals surface area contributed by atoms with Crippen LogP contribution in [0, 0.1) is 0 Å². The minimum atomic E-state index is -2.71. The minimum Gasteiger partial charge on any atom is -0.483 e. The third kappa shape index (κ3) is 4.42. The number of ether oxygens (including phenoxy) is 1. The highest BCUT2D eigenvalue weighted by molar-refractivity contribution is 5.92. The molecule has 11 heteroatoms. The molecule has 9 nitrogen and oxygen atoms in total. The van der Waals surface area contributed by atoms with Gasteiger partial charge in [-0.2, -0.15) is 5.10 Å². The highest BCUT2D eigenvalue weighted by Crippen LogP contribution is 2.39. The SMILES string of the molecule is C[C@@]1(O)CCOC2(CCN(C(=O)c3cc(C(F)F)[nH]n3)CC2)[C@H]1O.O=CO. The molecular weight excluding hydrogens is 368 g/mol. The summed E-state index contributed by atoms with van der Waals surface area (Å²) in [6.45, 7) is 2.26. The zero-order chi connectivity index (χ0) is 20.2. The predicted octanol–water partition coefficient (Wildman–Crippen LogP) is 0.555. The van der Waals surface area contributed by atoms with E-state index in [1.807, 2.05) is 0 Å². The largest absolute Gasteiger partial charge is 0.483 e. The number of piperidine rings is 1. The van der Waals surface area contributed by atoms with E-state index in [0.29, 0.717) is 39.0 Å². The standard InChI is InChI=1S/C15H21F2N3O4.CH2O2/c1-14(23)4-7-24-15(13(14)22)2-5-20(6-3-15)12(21)10-8-9(11(16)17)18-19-10;2-1-3/h8,11,13,22-23H,2-7H2,1H3,(H,18,19);1H,(H,2,3)/t13-,14+;/m0./s1. The van der Waals surface area contributed by atoms with Crippen molar-refractivity contribution in [1.82, 2.24) is 15.1 Å². The molecule has 3 rings (SSSR count). The Labute approximate surface area is 153 Å². The second kappa shape index (κ2) is 8.28. The lowest BCUT2D eigenvalue weighted by atomic mass is 9.75. The van der Waals surface area contributed by atoms with E-state index in [4.69, 9.17) is 14.6 Å². The average molecular weight is 391 g/mol. The first-order valence-corrected chi connectivity index (χ1v) is 8.42. The lowest BCUT2D eigenvalue weighted by Crippen LogP contribution is -2.64. The van der Waals surface area contributed by atoms with Crippen molar-refractivity contribution in [2.45, 2.75) is 49.9 Å². The van der Waals surface area contributed by atoms with Crippen LogP contribution in [0.4, 0.5) is 8.78 Å². The molecule has 0 saturated carbocycles. The number of H-pyrrole nitrogens is 1. The third-order valence-corrected chi connectivity index (χ3v) is 5.03. The normalized spacial score (nSPS) is 27.2. The van der Waals surface area contributed by atoms with Crippen LogP contribution in [-0.4, -0.2) is 79.8 Å². The van der Waals surface area contributed by atoms with Crippen molar-refractivity contribution in [3.05, 3.63) is 17.5 Å². The van der Waals surface area contributed by atoms with Gasteiger partial charge in [-0.05, 0) is 25.8 Å². The molecule has 2 aliphatic heterocycles. The van der Waals surface area contributed by atoms with E-state index in [1.54, 1.807) is 6.92 Å². The molecule has 1 spiro atoms. The van der Waals surface area contributed by atoms with E-state index in [0.717, 1.165) is 6.07 Å². The van der Waals surface area contributed by atoms with Crippen LogP contribution in [0.5, 0.6) is 0 Å². The fourth-order valence-corrected chi connectivity index (χ4v) is 3.47. The number of carboxylic acid groups (broad SMARTS) is 1. The van der Waals surface area contributed by atoms with Gasteiger partial charge in [0.2, 0.25) is 0 Å². The molecule has 3 heterocycles. The van der Waals surface area contributed by atoms with E-state index in [2.05, 4.69) is 10.2 Å². The van der Waals surface area contributed by atoms with Crippen LogP contribution in [0.25, 0.3) is 0 Å². The molecule has 1 aromatic heterocycles. The molecule has 0 unspecified atom stereocenters. The Balaban J connectivity index is 0.000000817. The number of likely N-dealkylation sites (tertiary alicyclic amines) is 1. The number of amides is 1. The van der Waals surface area contributed by atoms with Gasteiger partial charge in [-0.15, -0.1) is 0 Å². The molecule has 0 aromatic carbocycles. The zero-order valence-corrected chi connectivity index (χ0v) is 14.8. The number of hydrogen-bond acceptors (Lipinski definition) is 6. The minimum absolute atomic E-state index is 0.0571. The summed E-state index contributed by atoms with van der Waals surface area (Å²) in [7, 11) is 0. The summed E-state index contributed by atoms with van der Waals surface area (Å²) in [6, 6.07) is 1.05. The summed E-state index contributed by atoms with van der Waals surface area (Å²) in [4.78, 5) is 22.2. The topological polar surface area (TPSA) is 136 Å². The number of aromatic amines is 1. The number of carbonyl (C=O) groups is 2. The van der Waals surface area contributed by atoms with Crippen molar-refractivity contribution in [3.8, 4) is 0 Å². The number of nitrogens with one attached hydrogen (secondary N) is 1.